The predicted octanol–water partition coefficient (Wildman–Crippen LogP) is 2.53. The number of ether oxygens (including phenoxy) is 1. The predicted molar refractivity (Wildman–Crippen MR) is 74.4 cm³/mol. The summed E-state index contributed by atoms with van der Waals surface area (Å²) in [6.45, 7) is 1.57. The van der Waals surface area contributed by atoms with Crippen LogP contribution in [0.1, 0.15) is 12.8 Å². The first-order chi connectivity index (χ1) is 8.50. The SMILES string of the molecule is Nc1cc(Cl)c(Cl)cc1NCC1(O)CCOCC1. The minimum Gasteiger partial charge on any atom is -0.397 e. The van der Waals surface area contributed by atoms with E-state index in [-0.39, 0.29) is 0 Å². The van der Waals surface area contributed by atoms with Crippen molar-refractivity contribution in [1.29, 1.82) is 0 Å². The molecule has 1 fully saturated rings. The van der Waals surface area contributed by atoms with E-state index in [1.807, 2.05) is 0 Å². The fourth-order valence-corrected chi connectivity index (χ4v) is 2.24. The fraction of sp³-hybridized carbons (Fsp3) is 0.500. The molecule has 1 saturated heterocycles. The molecule has 4 N–H and O–H groups in total. The first-order valence-corrected chi connectivity index (χ1v) is 6.54. The molecule has 2 rings (SSSR count). The Morgan fingerprint density at radius 2 is 1.89 bits per heavy atom. The molecule has 1 aliphatic heterocycles. The van der Waals surface area contributed by atoms with E-state index in [0.717, 1.165) is 0 Å². The van der Waals surface area contributed by atoms with Gasteiger partial charge in [0, 0.05) is 32.6 Å². The highest BCUT2D eigenvalue weighted by molar-refractivity contribution is 6.42. The van der Waals surface area contributed by atoms with Gasteiger partial charge in [-0.05, 0) is 12.1 Å². The Labute approximate surface area is 116 Å². The minimum absolute atomic E-state index is 0.415. The van der Waals surface area contributed by atoms with Gasteiger partial charge in [0.2, 0.25) is 0 Å². The summed E-state index contributed by atoms with van der Waals surface area (Å²) in [4.78, 5) is 0. The van der Waals surface area contributed by atoms with E-state index in [0.29, 0.717) is 54.0 Å². The lowest BCUT2D eigenvalue weighted by molar-refractivity contribution is -0.0543. The molecular formula is C12H16Cl2N2O2. The largest absolute Gasteiger partial charge is 0.397 e. The molecule has 0 atom stereocenters. The quantitative estimate of drug-likeness (QED) is 0.749. The Morgan fingerprint density at radius 3 is 2.56 bits per heavy atom. The molecular weight excluding hydrogens is 275 g/mol. The van der Waals surface area contributed by atoms with Crippen LogP contribution in [0.2, 0.25) is 10.0 Å². The zero-order valence-corrected chi connectivity index (χ0v) is 11.4. The number of hydrogen-bond acceptors (Lipinski definition) is 4. The summed E-state index contributed by atoms with van der Waals surface area (Å²) in [5.41, 5.74) is 6.28. The number of nitrogens with one attached hydrogen (secondary N) is 1. The maximum atomic E-state index is 10.3. The standard InChI is InChI=1S/C12H16Cl2N2O2/c13-8-5-10(15)11(6-9(8)14)16-7-12(17)1-3-18-4-2-12/h5-6,16-17H,1-4,7,15H2. The van der Waals surface area contributed by atoms with Crippen molar-refractivity contribution in [3.05, 3.63) is 22.2 Å². The van der Waals surface area contributed by atoms with E-state index in [9.17, 15) is 5.11 Å². The number of aliphatic hydroxyl groups is 1. The molecule has 1 heterocycles. The maximum Gasteiger partial charge on any atom is 0.0863 e. The third-order valence-corrected chi connectivity index (χ3v) is 3.85. The van der Waals surface area contributed by atoms with Gasteiger partial charge in [-0.15, -0.1) is 0 Å². The van der Waals surface area contributed by atoms with Crippen molar-refractivity contribution in [3.63, 3.8) is 0 Å². The molecule has 0 saturated carbocycles. The lowest BCUT2D eigenvalue weighted by Gasteiger charge is -2.32. The van der Waals surface area contributed by atoms with Crippen molar-refractivity contribution in [2.75, 3.05) is 30.8 Å². The van der Waals surface area contributed by atoms with Gasteiger partial charge in [0.1, 0.15) is 0 Å². The summed E-state index contributed by atoms with van der Waals surface area (Å²) >= 11 is 11.8. The van der Waals surface area contributed by atoms with Crippen molar-refractivity contribution in [3.8, 4) is 0 Å². The Balaban J connectivity index is 2.03. The maximum absolute atomic E-state index is 10.3. The smallest absolute Gasteiger partial charge is 0.0863 e. The summed E-state index contributed by atoms with van der Waals surface area (Å²) in [6, 6.07) is 3.27. The lowest BCUT2D eigenvalue weighted by atomic mass is 9.94. The third kappa shape index (κ3) is 3.20. The van der Waals surface area contributed by atoms with Crippen LogP contribution in [-0.2, 0) is 4.74 Å². The number of halogens is 2. The van der Waals surface area contributed by atoms with Crippen molar-refractivity contribution in [1.82, 2.24) is 0 Å². The molecule has 1 aromatic carbocycles. The summed E-state index contributed by atoms with van der Waals surface area (Å²) in [7, 11) is 0. The lowest BCUT2D eigenvalue weighted by Crippen LogP contribution is -2.42. The monoisotopic (exact) mass is 290 g/mol. The second-order valence-electron chi connectivity index (χ2n) is 4.54. The van der Waals surface area contributed by atoms with Crippen LogP contribution >= 0.6 is 23.2 Å². The van der Waals surface area contributed by atoms with E-state index in [1.165, 1.54) is 0 Å². The van der Waals surface area contributed by atoms with Gasteiger partial charge in [-0.3, -0.25) is 0 Å². The molecule has 0 unspecified atom stereocenters. The topological polar surface area (TPSA) is 67.5 Å². The highest BCUT2D eigenvalue weighted by Crippen LogP contribution is 2.31. The Morgan fingerprint density at radius 1 is 1.28 bits per heavy atom. The van der Waals surface area contributed by atoms with E-state index in [4.69, 9.17) is 33.7 Å². The molecule has 0 bridgehead atoms. The van der Waals surface area contributed by atoms with Crippen molar-refractivity contribution < 1.29 is 9.84 Å². The van der Waals surface area contributed by atoms with E-state index >= 15 is 0 Å². The first-order valence-electron chi connectivity index (χ1n) is 5.79. The highest BCUT2D eigenvalue weighted by atomic mass is 35.5. The second-order valence-corrected chi connectivity index (χ2v) is 5.36. The molecule has 0 amide bonds. The van der Waals surface area contributed by atoms with Gasteiger partial charge in [-0.2, -0.15) is 0 Å². The van der Waals surface area contributed by atoms with Gasteiger partial charge in [0.05, 0.1) is 27.0 Å². The molecule has 0 aromatic heterocycles. The number of hydrogen-bond donors (Lipinski definition) is 3. The fourth-order valence-electron chi connectivity index (χ4n) is 1.90. The Kier molecular flexibility index (Phi) is 4.22. The zero-order chi connectivity index (χ0) is 13.2. The Hall–Kier alpha value is -0.680. The van der Waals surface area contributed by atoms with E-state index < -0.39 is 5.60 Å². The van der Waals surface area contributed by atoms with Crippen LogP contribution < -0.4 is 11.1 Å². The summed E-state index contributed by atoms with van der Waals surface area (Å²) in [5.74, 6) is 0. The van der Waals surface area contributed by atoms with Crippen LogP contribution in [0.3, 0.4) is 0 Å². The highest BCUT2D eigenvalue weighted by Gasteiger charge is 2.29. The average molecular weight is 291 g/mol. The van der Waals surface area contributed by atoms with Gasteiger partial charge < -0.3 is 20.9 Å². The van der Waals surface area contributed by atoms with E-state index in [1.54, 1.807) is 12.1 Å². The zero-order valence-electron chi connectivity index (χ0n) is 9.88. The second kappa shape index (κ2) is 5.53. The van der Waals surface area contributed by atoms with Crippen LogP contribution in [0.15, 0.2) is 12.1 Å². The van der Waals surface area contributed by atoms with Gasteiger partial charge in [0.25, 0.3) is 0 Å². The van der Waals surface area contributed by atoms with Crippen LogP contribution in [-0.4, -0.2) is 30.5 Å². The summed E-state index contributed by atoms with van der Waals surface area (Å²) in [5, 5.41) is 14.3. The van der Waals surface area contributed by atoms with Crippen molar-refractivity contribution >= 4 is 34.6 Å². The van der Waals surface area contributed by atoms with Crippen LogP contribution in [0.25, 0.3) is 0 Å². The van der Waals surface area contributed by atoms with Gasteiger partial charge in [0.15, 0.2) is 0 Å². The van der Waals surface area contributed by atoms with Crippen LogP contribution in [0.5, 0.6) is 0 Å². The summed E-state index contributed by atoms with van der Waals surface area (Å²) in [6.07, 6.45) is 1.22. The van der Waals surface area contributed by atoms with Gasteiger partial charge >= 0.3 is 0 Å². The third-order valence-electron chi connectivity index (χ3n) is 3.12. The molecule has 0 aliphatic carbocycles. The van der Waals surface area contributed by atoms with Crippen LogP contribution in [0, 0.1) is 0 Å². The van der Waals surface area contributed by atoms with E-state index in [2.05, 4.69) is 5.32 Å². The number of nitrogens with two attached hydrogens (primary N) is 1. The molecule has 6 heteroatoms. The normalized spacial score (nSPS) is 18.6. The number of benzene rings is 1. The first kappa shape index (κ1) is 13.7. The Bertz CT molecular complexity index is 434. The molecule has 100 valence electrons. The van der Waals surface area contributed by atoms with Crippen molar-refractivity contribution in [2.24, 2.45) is 0 Å². The van der Waals surface area contributed by atoms with Gasteiger partial charge in [-0.25, -0.2) is 0 Å². The molecule has 18 heavy (non-hydrogen) atoms. The summed E-state index contributed by atoms with van der Waals surface area (Å²) < 4.78 is 5.22. The number of anilines is 2. The van der Waals surface area contributed by atoms with Crippen molar-refractivity contribution in [2.45, 2.75) is 18.4 Å². The number of rotatable bonds is 3. The average Bonchev–Trinajstić information content (AvgIpc) is 2.33. The minimum atomic E-state index is -0.753. The molecule has 1 aromatic rings. The number of nitrogen functional groups attached to an aromatic ring is 1. The molecule has 0 spiro atoms. The molecule has 1 aliphatic rings. The van der Waals surface area contributed by atoms with Gasteiger partial charge in [-0.1, -0.05) is 23.2 Å². The molecule has 0 radical (unpaired) electrons. The van der Waals surface area contributed by atoms with Crippen LogP contribution in [0.4, 0.5) is 11.4 Å². The molecule has 4 nitrogen and oxygen atoms in total.